The first kappa shape index (κ1) is 27.3. The summed E-state index contributed by atoms with van der Waals surface area (Å²) in [6.45, 7) is 1.41. The fraction of sp³-hybridized carbons (Fsp3) is 0.290. The van der Waals surface area contributed by atoms with Crippen molar-refractivity contribution in [2.45, 2.75) is 25.3 Å². The van der Waals surface area contributed by atoms with Crippen molar-refractivity contribution in [1.29, 1.82) is 0 Å². The van der Waals surface area contributed by atoms with E-state index in [2.05, 4.69) is 15.2 Å². The Balaban J connectivity index is 1.09. The molecule has 6 rings (SSSR count). The summed E-state index contributed by atoms with van der Waals surface area (Å²) < 4.78 is 42.1. The summed E-state index contributed by atoms with van der Waals surface area (Å²) in [5, 5.41) is 8.20. The van der Waals surface area contributed by atoms with Crippen molar-refractivity contribution in [3.8, 4) is 45.9 Å². The van der Waals surface area contributed by atoms with Crippen LogP contribution in [0.1, 0.15) is 29.6 Å². The maximum Gasteiger partial charge on any atom is 0.256 e. The van der Waals surface area contributed by atoms with Crippen LogP contribution in [-0.4, -0.2) is 67.2 Å². The molecule has 0 N–H and O–H groups in total. The molecule has 11 heteroatoms. The summed E-state index contributed by atoms with van der Waals surface area (Å²) in [5.74, 6) is 2.24. The van der Waals surface area contributed by atoms with Gasteiger partial charge in [0.2, 0.25) is 11.8 Å². The molecule has 0 spiro atoms. The highest BCUT2D eigenvalue weighted by Crippen LogP contribution is 2.38. The summed E-state index contributed by atoms with van der Waals surface area (Å²) in [5.41, 5.74) is 2.35. The third kappa shape index (κ3) is 5.50. The van der Waals surface area contributed by atoms with Crippen molar-refractivity contribution >= 4 is 17.8 Å². The largest absolute Gasteiger partial charge is 0.493 e. The van der Waals surface area contributed by atoms with Crippen LogP contribution in [0.25, 0.3) is 22.9 Å². The molecule has 2 aliphatic rings. The lowest BCUT2D eigenvalue weighted by atomic mass is 10.1. The number of fused-ring (bicyclic) bond motifs is 2. The standard InChI is InChI=1S/C31H29FN4O6/c1-38-25-11-8-20(30-35-34-29(42-30)19-6-9-21(32)10-7-19)15-27(25)40-13-4-14-41-28-17-24-23(16-26(28)39-2)31(37)36-12-3-5-22(36)18-33-24/h6-11,15-18,22H,3-5,12-14H2,1-2H3/t22-/m0/s1. The number of benzene rings is 3. The van der Waals surface area contributed by atoms with Gasteiger partial charge < -0.3 is 28.3 Å². The van der Waals surface area contributed by atoms with E-state index in [-0.39, 0.29) is 23.7 Å². The van der Waals surface area contributed by atoms with Gasteiger partial charge in [0.1, 0.15) is 5.82 Å². The molecule has 42 heavy (non-hydrogen) atoms. The quantitative estimate of drug-likeness (QED) is 0.222. The van der Waals surface area contributed by atoms with Gasteiger partial charge in [-0.15, -0.1) is 10.2 Å². The van der Waals surface area contributed by atoms with Crippen LogP contribution in [0.4, 0.5) is 10.1 Å². The fourth-order valence-electron chi connectivity index (χ4n) is 5.02. The van der Waals surface area contributed by atoms with Gasteiger partial charge in [0.25, 0.3) is 5.91 Å². The number of ether oxygens (including phenoxy) is 4. The van der Waals surface area contributed by atoms with Crippen molar-refractivity contribution < 1.29 is 32.5 Å². The normalized spacial score (nSPS) is 15.6. The highest BCUT2D eigenvalue weighted by molar-refractivity contribution is 6.03. The zero-order valence-corrected chi connectivity index (χ0v) is 23.2. The van der Waals surface area contributed by atoms with Crippen molar-refractivity contribution in [3.05, 3.63) is 66.0 Å². The first-order valence-corrected chi connectivity index (χ1v) is 13.6. The molecule has 4 aromatic rings. The Hall–Kier alpha value is -4.93. The van der Waals surface area contributed by atoms with Crippen LogP contribution in [0.5, 0.6) is 23.0 Å². The van der Waals surface area contributed by atoms with Gasteiger partial charge in [-0.1, -0.05) is 0 Å². The number of carbonyl (C=O) groups is 1. The van der Waals surface area contributed by atoms with E-state index in [1.54, 1.807) is 56.7 Å². The van der Waals surface area contributed by atoms with E-state index in [1.807, 2.05) is 11.1 Å². The molecule has 0 aliphatic carbocycles. The first-order valence-electron chi connectivity index (χ1n) is 13.6. The molecule has 1 fully saturated rings. The van der Waals surface area contributed by atoms with Crippen LogP contribution in [-0.2, 0) is 0 Å². The van der Waals surface area contributed by atoms with Gasteiger partial charge in [-0.2, -0.15) is 0 Å². The zero-order valence-electron chi connectivity index (χ0n) is 23.2. The summed E-state index contributed by atoms with van der Waals surface area (Å²) >= 11 is 0. The van der Waals surface area contributed by atoms with Crippen molar-refractivity contribution in [2.75, 3.05) is 34.0 Å². The highest BCUT2D eigenvalue weighted by Gasteiger charge is 2.32. The van der Waals surface area contributed by atoms with Gasteiger partial charge in [-0.25, -0.2) is 4.39 Å². The van der Waals surface area contributed by atoms with E-state index in [9.17, 15) is 9.18 Å². The molecule has 0 unspecified atom stereocenters. The van der Waals surface area contributed by atoms with E-state index in [1.165, 1.54) is 12.1 Å². The minimum atomic E-state index is -0.344. The Morgan fingerprint density at radius 2 is 1.57 bits per heavy atom. The predicted molar refractivity (Wildman–Crippen MR) is 152 cm³/mol. The molecule has 10 nitrogen and oxygen atoms in total. The van der Waals surface area contributed by atoms with Crippen molar-refractivity contribution in [3.63, 3.8) is 0 Å². The van der Waals surface area contributed by atoms with Gasteiger partial charge in [-0.3, -0.25) is 9.79 Å². The molecule has 1 atom stereocenters. The number of aromatic nitrogens is 2. The number of hydrogen-bond acceptors (Lipinski definition) is 9. The molecule has 2 aliphatic heterocycles. The van der Waals surface area contributed by atoms with Gasteiger partial charge >= 0.3 is 0 Å². The molecular weight excluding hydrogens is 543 g/mol. The maximum atomic E-state index is 13.3. The smallest absolute Gasteiger partial charge is 0.256 e. The van der Waals surface area contributed by atoms with Gasteiger partial charge in [0.05, 0.1) is 44.7 Å². The third-order valence-corrected chi connectivity index (χ3v) is 7.19. The number of hydrogen-bond donors (Lipinski definition) is 0. The number of methoxy groups -OCH3 is 2. The molecule has 1 amide bonds. The van der Waals surface area contributed by atoms with Crippen LogP contribution in [0.3, 0.4) is 0 Å². The van der Waals surface area contributed by atoms with Crippen LogP contribution in [0.15, 0.2) is 64.0 Å². The summed E-state index contributed by atoms with van der Waals surface area (Å²) in [7, 11) is 3.11. The summed E-state index contributed by atoms with van der Waals surface area (Å²) in [6.07, 6.45) is 4.30. The lowest BCUT2D eigenvalue weighted by Gasteiger charge is -2.20. The lowest BCUT2D eigenvalue weighted by molar-refractivity contribution is 0.0774. The third-order valence-electron chi connectivity index (χ3n) is 7.19. The molecular formula is C31H29FN4O6. The van der Waals surface area contributed by atoms with Gasteiger partial charge in [0, 0.05) is 36.4 Å². The maximum absolute atomic E-state index is 13.3. The molecule has 216 valence electrons. The number of aliphatic imine (C=N–C) groups is 1. The first-order chi connectivity index (χ1) is 20.5. The molecule has 0 bridgehead atoms. The second-order valence-corrected chi connectivity index (χ2v) is 9.84. The Morgan fingerprint density at radius 1 is 0.881 bits per heavy atom. The highest BCUT2D eigenvalue weighted by atomic mass is 19.1. The lowest BCUT2D eigenvalue weighted by Crippen LogP contribution is -2.35. The molecule has 0 saturated carbocycles. The van der Waals surface area contributed by atoms with Crippen LogP contribution in [0.2, 0.25) is 0 Å². The average Bonchev–Trinajstić information content (AvgIpc) is 3.68. The molecule has 3 aromatic carbocycles. The second kappa shape index (κ2) is 11.9. The van der Waals surface area contributed by atoms with E-state index in [4.69, 9.17) is 23.4 Å². The molecule has 1 aromatic heterocycles. The minimum Gasteiger partial charge on any atom is -0.493 e. The minimum absolute atomic E-state index is 0.0320. The van der Waals surface area contributed by atoms with Crippen molar-refractivity contribution in [1.82, 2.24) is 15.1 Å². The van der Waals surface area contributed by atoms with Crippen molar-refractivity contribution in [2.24, 2.45) is 4.99 Å². The monoisotopic (exact) mass is 572 g/mol. The Bertz CT molecular complexity index is 1620. The van der Waals surface area contributed by atoms with Crippen LogP contribution < -0.4 is 18.9 Å². The van der Waals surface area contributed by atoms with Crippen LogP contribution >= 0.6 is 0 Å². The second-order valence-electron chi connectivity index (χ2n) is 9.84. The number of carbonyl (C=O) groups excluding carboxylic acids is 1. The average molecular weight is 573 g/mol. The Labute approximate surface area is 241 Å². The zero-order chi connectivity index (χ0) is 29.1. The predicted octanol–water partition coefficient (Wildman–Crippen LogP) is 5.73. The topological polar surface area (TPSA) is 109 Å². The fourth-order valence-corrected chi connectivity index (χ4v) is 5.02. The molecule has 3 heterocycles. The molecule has 0 radical (unpaired) electrons. The summed E-state index contributed by atoms with van der Waals surface area (Å²) in [6, 6.07) is 14.6. The van der Waals surface area contributed by atoms with E-state index >= 15 is 0 Å². The Kier molecular flexibility index (Phi) is 7.72. The Morgan fingerprint density at radius 3 is 2.31 bits per heavy atom. The summed E-state index contributed by atoms with van der Waals surface area (Å²) in [4.78, 5) is 19.5. The van der Waals surface area contributed by atoms with Crippen LogP contribution in [0, 0.1) is 5.82 Å². The number of rotatable bonds is 10. The van der Waals surface area contributed by atoms with E-state index < -0.39 is 0 Å². The number of nitrogens with zero attached hydrogens (tertiary/aromatic N) is 4. The van der Waals surface area contributed by atoms with E-state index in [0.717, 1.165) is 19.4 Å². The number of halogens is 1. The van der Waals surface area contributed by atoms with E-state index in [0.29, 0.717) is 70.9 Å². The SMILES string of the molecule is COc1ccc(-c2nnc(-c3ccc(F)cc3)o2)cc1OCCCOc1cc2c(cc1OC)C(=O)N1CCC[C@H]1C=N2. The molecule has 1 saturated heterocycles. The van der Waals surface area contributed by atoms with Gasteiger partial charge in [0.15, 0.2) is 23.0 Å². The number of amides is 1. The van der Waals surface area contributed by atoms with Gasteiger partial charge in [-0.05, 0) is 61.4 Å².